The van der Waals surface area contributed by atoms with Crippen LogP contribution >= 0.6 is 0 Å². The summed E-state index contributed by atoms with van der Waals surface area (Å²) in [6, 6.07) is 4.24. The van der Waals surface area contributed by atoms with E-state index in [4.69, 9.17) is 13.8 Å². The van der Waals surface area contributed by atoms with Crippen LogP contribution in [0.4, 0.5) is 10.4 Å². The van der Waals surface area contributed by atoms with E-state index in [1.165, 1.54) is 12.1 Å². The highest BCUT2D eigenvalue weighted by Gasteiger charge is 2.27. The Kier molecular flexibility index (Phi) is 6.48. The number of piperidine rings is 1. The molecular weight excluding hydrogens is 453 g/mol. The van der Waals surface area contributed by atoms with Crippen molar-refractivity contribution in [3.63, 3.8) is 0 Å². The molecule has 0 N–H and O–H groups in total. The molecule has 0 saturated carbocycles. The lowest BCUT2D eigenvalue weighted by Crippen LogP contribution is -2.37. The number of ether oxygens (including phenoxy) is 1. The van der Waals surface area contributed by atoms with Gasteiger partial charge in [0.2, 0.25) is 5.82 Å². The van der Waals surface area contributed by atoms with E-state index in [2.05, 4.69) is 20.3 Å². The molecule has 0 unspecified atom stereocenters. The van der Waals surface area contributed by atoms with Crippen LogP contribution in [0.1, 0.15) is 57.3 Å². The number of halogens is 1. The minimum Gasteiger partial charge on any atom is -0.365 e. The van der Waals surface area contributed by atoms with Crippen LogP contribution < -0.4 is 4.90 Å². The second-order valence-electron chi connectivity index (χ2n) is 8.43. The molecule has 0 spiro atoms. The summed E-state index contributed by atoms with van der Waals surface area (Å²) < 4.78 is 54.1. The van der Waals surface area contributed by atoms with Gasteiger partial charge in [0.1, 0.15) is 16.8 Å². The fourth-order valence-electron chi connectivity index (χ4n) is 3.58. The van der Waals surface area contributed by atoms with E-state index in [9.17, 15) is 12.8 Å². The van der Waals surface area contributed by atoms with Crippen LogP contribution in [0, 0.1) is 5.82 Å². The van der Waals surface area contributed by atoms with E-state index in [0.717, 1.165) is 38.3 Å². The first-order valence-corrected chi connectivity index (χ1v) is 12.6. The third-order valence-electron chi connectivity index (χ3n) is 5.44. The highest BCUT2D eigenvalue weighted by atomic mass is 32.2. The Morgan fingerprint density at radius 2 is 1.85 bits per heavy atom. The summed E-state index contributed by atoms with van der Waals surface area (Å²) in [7, 11) is -3.66. The molecule has 2 aromatic heterocycles. The molecule has 1 aliphatic heterocycles. The van der Waals surface area contributed by atoms with E-state index in [1.54, 1.807) is 0 Å². The molecular formula is C21H26FN5O5S. The number of hydrogen-bond donors (Lipinski definition) is 0. The van der Waals surface area contributed by atoms with Crippen molar-refractivity contribution in [2.24, 2.45) is 0 Å². The van der Waals surface area contributed by atoms with Gasteiger partial charge in [-0.25, -0.2) is 12.8 Å². The van der Waals surface area contributed by atoms with Crippen molar-refractivity contribution in [3.05, 3.63) is 35.7 Å². The molecule has 3 aromatic rings. The molecule has 3 heterocycles. The number of rotatable bonds is 7. The predicted octanol–water partition coefficient (Wildman–Crippen LogP) is 3.53. The molecule has 1 saturated heterocycles. The smallest absolute Gasteiger partial charge is 0.324 e. The summed E-state index contributed by atoms with van der Waals surface area (Å²) in [5.74, 6) is 0.455. The summed E-state index contributed by atoms with van der Waals surface area (Å²) in [4.78, 5) is 10.4. The summed E-state index contributed by atoms with van der Waals surface area (Å²) in [5, 5.41) is 7.89. The van der Waals surface area contributed by atoms with Gasteiger partial charge in [-0.05, 0) is 38.0 Å². The van der Waals surface area contributed by atoms with Gasteiger partial charge < -0.3 is 18.7 Å². The molecule has 0 aliphatic carbocycles. The Labute approximate surface area is 191 Å². The maximum Gasteiger partial charge on any atom is 0.324 e. The standard InChI is InChI=1S/C21H26FN5O5S/c1-12(2)18-24-21(32-25-18)27-9-7-15(8-10-27)30-13(3)20-23-19(26-31-20)14-5-6-17(16(22)11-14)33(4,28)29/h5-6,11-13,15H,7-10H2,1-4H3/t13-/m1/s1. The van der Waals surface area contributed by atoms with Crippen molar-refractivity contribution in [1.82, 2.24) is 20.3 Å². The second-order valence-corrected chi connectivity index (χ2v) is 10.4. The molecule has 178 valence electrons. The molecule has 0 radical (unpaired) electrons. The van der Waals surface area contributed by atoms with Crippen LogP contribution in [-0.2, 0) is 14.6 Å². The van der Waals surface area contributed by atoms with Gasteiger partial charge in [0.25, 0.3) is 5.89 Å². The molecule has 10 nitrogen and oxygen atoms in total. The van der Waals surface area contributed by atoms with Crippen molar-refractivity contribution in [1.29, 1.82) is 0 Å². The van der Waals surface area contributed by atoms with E-state index in [1.807, 2.05) is 25.7 Å². The minimum absolute atomic E-state index is 0.00872. The highest BCUT2D eigenvalue weighted by Crippen LogP contribution is 2.28. The molecule has 4 rings (SSSR count). The summed E-state index contributed by atoms with van der Waals surface area (Å²) in [6.07, 6.45) is 2.02. The zero-order valence-corrected chi connectivity index (χ0v) is 19.7. The molecule has 0 bridgehead atoms. The van der Waals surface area contributed by atoms with Gasteiger partial charge in [0.05, 0.1) is 6.10 Å². The first-order valence-electron chi connectivity index (χ1n) is 10.7. The summed E-state index contributed by atoms with van der Waals surface area (Å²) >= 11 is 0. The molecule has 1 aliphatic rings. The first kappa shape index (κ1) is 23.3. The molecule has 1 aromatic carbocycles. The molecule has 0 amide bonds. The Bertz CT molecular complexity index is 1220. The topological polar surface area (TPSA) is 124 Å². The van der Waals surface area contributed by atoms with Crippen LogP contribution in [0.2, 0.25) is 0 Å². The molecule has 33 heavy (non-hydrogen) atoms. The minimum atomic E-state index is -3.66. The number of nitrogens with zero attached hydrogens (tertiary/aromatic N) is 5. The number of hydrogen-bond acceptors (Lipinski definition) is 10. The van der Waals surface area contributed by atoms with Crippen molar-refractivity contribution in [3.8, 4) is 11.4 Å². The summed E-state index contributed by atoms with van der Waals surface area (Å²) in [6.45, 7) is 7.28. The zero-order valence-electron chi connectivity index (χ0n) is 18.9. The van der Waals surface area contributed by atoms with Crippen molar-refractivity contribution >= 4 is 15.9 Å². The maximum absolute atomic E-state index is 14.2. The number of anilines is 1. The Morgan fingerprint density at radius 3 is 2.45 bits per heavy atom. The van der Waals surface area contributed by atoms with Crippen molar-refractivity contribution < 1.29 is 26.6 Å². The lowest BCUT2D eigenvalue weighted by Gasteiger charge is -2.31. The third-order valence-corrected chi connectivity index (χ3v) is 6.57. The maximum atomic E-state index is 14.2. The number of benzene rings is 1. The average molecular weight is 480 g/mol. The monoisotopic (exact) mass is 479 g/mol. The molecule has 1 fully saturated rings. The van der Waals surface area contributed by atoms with Crippen LogP contribution in [0.15, 0.2) is 32.1 Å². The SMILES string of the molecule is CC(C)c1noc(N2CCC(O[C@H](C)c3nc(-c4ccc(S(C)(=O)=O)c(F)c4)no3)CC2)n1. The van der Waals surface area contributed by atoms with E-state index in [0.29, 0.717) is 17.4 Å². The lowest BCUT2D eigenvalue weighted by molar-refractivity contribution is -0.0303. The average Bonchev–Trinajstić information content (AvgIpc) is 3.44. The third kappa shape index (κ3) is 5.22. The molecule has 12 heteroatoms. The Morgan fingerprint density at radius 1 is 1.12 bits per heavy atom. The summed E-state index contributed by atoms with van der Waals surface area (Å²) in [5.41, 5.74) is 0.315. The fraction of sp³-hybridized carbons (Fsp3) is 0.524. The van der Waals surface area contributed by atoms with Crippen LogP contribution in [-0.4, -0.2) is 54.1 Å². The van der Waals surface area contributed by atoms with Crippen molar-refractivity contribution in [2.45, 2.75) is 56.6 Å². The Hall–Kier alpha value is -2.86. The van der Waals surface area contributed by atoms with Gasteiger partial charge in [-0.3, -0.25) is 0 Å². The second kappa shape index (κ2) is 9.18. The first-order chi connectivity index (χ1) is 15.6. The highest BCUT2D eigenvalue weighted by molar-refractivity contribution is 7.90. The van der Waals surface area contributed by atoms with Crippen LogP contribution in [0.5, 0.6) is 0 Å². The van der Waals surface area contributed by atoms with E-state index >= 15 is 0 Å². The van der Waals surface area contributed by atoms with Gasteiger partial charge in [0.15, 0.2) is 15.7 Å². The van der Waals surface area contributed by atoms with Gasteiger partial charge in [0, 0.05) is 30.8 Å². The van der Waals surface area contributed by atoms with Crippen molar-refractivity contribution in [2.75, 3.05) is 24.2 Å². The molecule has 1 atom stereocenters. The van der Waals surface area contributed by atoms with Gasteiger partial charge in [-0.1, -0.05) is 24.2 Å². The number of sulfone groups is 1. The number of aromatic nitrogens is 4. The lowest BCUT2D eigenvalue weighted by atomic mass is 10.1. The predicted molar refractivity (Wildman–Crippen MR) is 116 cm³/mol. The van der Waals surface area contributed by atoms with Crippen LogP contribution in [0.3, 0.4) is 0 Å². The van der Waals surface area contributed by atoms with Gasteiger partial charge >= 0.3 is 6.01 Å². The Balaban J connectivity index is 1.35. The van der Waals surface area contributed by atoms with E-state index < -0.39 is 21.8 Å². The largest absolute Gasteiger partial charge is 0.365 e. The van der Waals surface area contributed by atoms with Crippen LogP contribution in [0.25, 0.3) is 11.4 Å². The van der Waals surface area contributed by atoms with E-state index in [-0.39, 0.29) is 28.6 Å². The fourth-order valence-corrected chi connectivity index (χ4v) is 4.31. The van der Waals surface area contributed by atoms with Gasteiger partial charge in [-0.2, -0.15) is 9.97 Å². The zero-order chi connectivity index (χ0) is 23.8. The quantitative estimate of drug-likeness (QED) is 0.497. The van der Waals surface area contributed by atoms with Gasteiger partial charge in [-0.15, -0.1) is 0 Å². The normalized spacial score (nSPS) is 16.5.